The molecule has 0 bridgehead atoms. The van der Waals surface area contributed by atoms with Crippen LogP contribution in [-0.4, -0.2) is 53.0 Å². The molecule has 0 aliphatic carbocycles. The van der Waals surface area contributed by atoms with Gasteiger partial charge in [-0.15, -0.1) is 12.4 Å². The number of phenolic OH excluding ortho intramolecular Hbond substituents is 1. The average Bonchev–Trinajstić information content (AvgIpc) is 3.15. The van der Waals surface area contributed by atoms with E-state index < -0.39 is 6.10 Å². The summed E-state index contributed by atoms with van der Waals surface area (Å²) in [5, 5.41) is 23.5. The van der Waals surface area contributed by atoms with Crippen molar-refractivity contribution in [2.45, 2.75) is 18.9 Å². The largest absolute Gasteiger partial charge is 0.506 e. The maximum atomic E-state index is 11.6. The lowest BCUT2D eigenvalue weighted by Crippen LogP contribution is -2.24. The first-order chi connectivity index (χ1) is 14.6. The van der Waals surface area contributed by atoms with Gasteiger partial charge in [-0.1, -0.05) is 47.7 Å². The van der Waals surface area contributed by atoms with Crippen molar-refractivity contribution in [1.29, 1.82) is 0 Å². The Bertz CT molecular complexity index is 965. The summed E-state index contributed by atoms with van der Waals surface area (Å²) in [4.78, 5) is 13.9. The minimum absolute atomic E-state index is 0. The van der Waals surface area contributed by atoms with Crippen LogP contribution in [0.2, 0.25) is 0 Å². The van der Waals surface area contributed by atoms with Crippen molar-refractivity contribution in [1.82, 2.24) is 10.3 Å². The smallest absolute Gasteiger partial charge is 0.305 e. The molecule has 0 unspecified atom stereocenters. The molecule has 1 aromatic heterocycles. The fourth-order valence-corrected chi connectivity index (χ4v) is 4.83. The number of aliphatic hydroxyl groups is 1. The van der Waals surface area contributed by atoms with E-state index in [4.69, 9.17) is 4.74 Å². The van der Waals surface area contributed by atoms with Crippen molar-refractivity contribution in [2.24, 2.45) is 0 Å². The highest BCUT2D eigenvalue weighted by Crippen LogP contribution is 2.31. The van der Waals surface area contributed by atoms with Crippen molar-refractivity contribution < 1.29 is 14.9 Å². The molecule has 4 N–H and O–H groups in total. The number of halogens is 1. The number of rotatable bonds is 13. The lowest BCUT2D eigenvalue weighted by Gasteiger charge is -2.13. The van der Waals surface area contributed by atoms with E-state index in [2.05, 4.69) is 22.4 Å². The van der Waals surface area contributed by atoms with Gasteiger partial charge in [-0.05, 0) is 30.2 Å². The molecule has 0 aliphatic rings. The normalized spacial score (nSPS) is 12.0. The summed E-state index contributed by atoms with van der Waals surface area (Å²) < 4.78 is 6.29. The van der Waals surface area contributed by atoms with Gasteiger partial charge in [0.05, 0.1) is 17.4 Å². The molecule has 0 saturated heterocycles. The Labute approximate surface area is 196 Å². The van der Waals surface area contributed by atoms with Crippen LogP contribution in [0.25, 0.3) is 10.2 Å². The number of thioether (sulfide) groups is 1. The number of nitrogens with one attached hydrogen (secondary N) is 2. The van der Waals surface area contributed by atoms with Crippen LogP contribution < -0.4 is 10.2 Å². The predicted molar refractivity (Wildman–Crippen MR) is 132 cm³/mol. The summed E-state index contributed by atoms with van der Waals surface area (Å²) in [6.07, 6.45) is 1.25. The van der Waals surface area contributed by atoms with Crippen LogP contribution in [0.1, 0.15) is 23.7 Å². The molecule has 0 aliphatic heterocycles. The zero-order chi connectivity index (χ0) is 21.2. The van der Waals surface area contributed by atoms with Crippen molar-refractivity contribution >= 4 is 45.7 Å². The first kappa shape index (κ1) is 25.7. The van der Waals surface area contributed by atoms with Gasteiger partial charge in [-0.2, -0.15) is 11.8 Å². The highest BCUT2D eigenvalue weighted by atomic mass is 35.5. The highest BCUT2D eigenvalue weighted by molar-refractivity contribution is 7.99. The van der Waals surface area contributed by atoms with E-state index in [1.165, 1.54) is 11.6 Å². The molecule has 2 aromatic carbocycles. The van der Waals surface area contributed by atoms with Crippen LogP contribution in [0.3, 0.4) is 0 Å². The van der Waals surface area contributed by atoms with Gasteiger partial charge < -0.3 is 25.3 Å². The highest BCUT2D eigenvalue weighted by Gasteiger charge is 2.15. The minimum Gasteiger partial charge on any atom is -0.506 e. The number of benzene rings is 2. The molecular weight excluding hydrogens is 456 g/mol. The van der Waals surface area contributed by atoms with Crippen LogP contribution in [0.15, 0.2) is 47.3 Å². The number of H-pyrrole nitrogens is 1. The van der Waals surface area contributed by atoms with E-state index >= 15 is 0 Å². The Morgan fingerprint density at radius 1 is 1.13 bits per heavy atom. The van der Waals surface area contributed by atoms with Crippen molar-refractivity contribution in [2.75, 3.05) is 37.8 Å². The molecule has 170 valence electrons. The molecule has 0 fully saturated rings. The number of aromatic hydroxyl groups is 1. The third-order valence-electron chi connectivity index (χ3n) is 4.66. The summed E-state index contributed by atoms with van der Waals surface area (Å²) in [7, 11) is 0. The van der Waals surface area contributed by atoms with Crippen molar-refractivity contribution in [3.05, 3.63) is 63.3 Å². The van der Waals surface area contributed by atoms with Crippen LogP contribution >= 0.6 is 35.5 Å². The molecular formula is C22H29ClN2O4S2. The zero-order valence-electron chi connectivity index (χ0n) is 17.2. The van der Waals surface area contributed by atoms with Crippen LogP contribution in [0.5, 0.6) is 5.75 Å². The number of ether oxygens (including phenoxy) is 1. The zero-order valence-corrected chi connectivity index (χ0v) is 19.7. The second-order valence-corrected chi connectivity index (χ2v) is 9.13. The molecule has 1 heterocycles. The molecule has 31 heavy (non-hydrogen) atoms. The lowest BCUT2D eigenvalue weighted by atomic mass is 10.1. The van der Waals surface area contributed by atoms with Gasteiger partial charge in [-0.3, -0.25) is 4.79 Å². The van der Waals surface area contributed by atoms with E-state index in [-0.39, 0.29) is 23.0 Å². The van der Waals surface area contributed by atoms with E-state index in [1.807, 2.05) is 30.0 Å². The molecule has 0 saturated carbocycles. The van der Waals surface area contributed by atoms with Crippen molar-refractivity contribution in [3.8, 4) is 5.75 Å². The van der Waals surface area contributed by atoms with Gasteiger partial charge in [0.2, 0.25) is 0 Å². The fraction of sp³-hybridized carbons (Fsp3) is 0.409. The Kier molecular flexibility index (Phi) is 11.4. The quantitative estimate of drug-likeness (QED) is 0.276. The monoisotopic (exact) mass is 484 g/mol. The Hall–Kier alpha value is -1.55. The molecule has 3 aromatic rings. The van der Waals surface area contributed by atoms with Gasteiger partial charge in [-0.25, -0.2) is 0 Å². The standard InChI is InChI=1S/C22H28N2O4S2.ClH/c25-18-8-7-17(21-20(18)24-22(27)30-21)19(26)15-23-10-14-29-13-4-11-28-12-9-16-5-2-1-3-6-16;/h1-3,5-8,19,23,25-26H,4,9-15H2,(H,24,27);1H/t19-;/m0./s1. The summed E-state index contributed by atoms with van der Waals surface area (Å²) in [5.41, 5.74) is 2.35. The van der Waals surface area contributed by atoms with Gasteiger partial charge in [0.1, 0.15) is 11.3 Å². The van der Waals surface area contributed by atoms with Crippen LogP contribution in [-0.2, 0) is 11.2 Å². The summed E-state index contributed by atoms with van der Waals surface area (Å²) in [6, 6.07) is 13.5. The number of thiazole rings is 1. The molecule has 3 rings (SSSR count). The topological polar surface area (TPSA) is 94.6 Å². The SMILES string of the molecule is Cl.O=c1[nH]c2c(O)ccc([C@@H](O)CNCCSCCCOCCc3ccccc3)c2s1. The predicted octanol–water partition coefficient (Wildman–Crippen LogP) is 3.72. The number of fused-ring (bicyclic) bond motifs is 1. The summed E-state index contributed by atoms with van der Waals surface area (Å²) in [6.45, 7) is 2.73. The Morgan fingerprint density at radius 2 is 1.94 bits per heavy atom. The second kappa shape index (κ2) is 13.8. The number of phenols is 1. The number of aromatic nitrogens is 1. The third-order valence-corrected chi connectivity index (χ3v) is 6.66. The van der Waals surface area contributed by atoms with Crippen molar-refractivity contribution in [3.63, 3.8) is 0 Å². The van der Waals surface area contributed by atoms with E-state index in [0.29, 0.717) is 22.3 Å². The maximum Gasteiger partial charge on any atom is 0.305 e. The van der Waals surface area contributed by atoms with Gasteiger partial charge in [0.25, 0.3) is 0 Å². The lowest BCUT2D eigenvalue weighted by molar-refractivity contribution is 0.138. The summed E-state index contributed by atoms with van der Waals surface area (Å²) >= 11 is 2.86. The molecule has 0 radical (unpaired) electrons. The number of aliphatic hydroxyl groups excluding tert-OH is 1. The van der Waals surface area contributed by atoms with Crippen LogP contribution in [0, 0.1) is 0 Å². The first-order valence-electron chi connectivity index (χ1n) is 10.1. The number of aromatic amines is 1. The fourth-order valence-electron chi connectivity index (χ4n) is 3.10. The Balaban J connectivity index is 0.00000341. The number of hydrogen-bond donors (Lipinski definition) is 4. The molecule has 9 heteroatoms. The van der Waals surface area contributed by atoms with E-state index in [0.717, 1.165) is 55.4 Å². The molecule has 1 atom stereocenters. The molecule has 0 spiro atoms. The summed E-state index contributed by atoms with van der Waals surface area (Å²) in [5.74, 6) is 2.03. The van der Waals surface area contributed by atoms with Crippen LogP contribution in [0.4, 0.5) is 0 Å². The van der Waals surface area contributed by atoms with E-state index in [9.17, 15) is 15.0 Å². The van der Waals surface area contributed by atoms with E-state index in [1.54, 1.807) is 6.07 Å². The molecule has 0 amide bonds. The average molecular weight is 485 g/mol. The molecule has 6 nitrogen and oxygen atoms in total. The van der Waals surface area contributed by atoms with Gasteiger partial charge >= 0.3 is 4.87 Å². The minimum atomic E-state index is -0.734. The first-order valence-corrected chi connectivity index (χ1v) is 12.0. The third kappa shape index (κ3) is 8.14. The maximum absolute atomic E-state index is 11.6. The Morgan fingerprint density at radius 3 is 2.74 bits per heavy atom. The van der Waals surface area contributed by atoms with Gasteiger partial charge in [0.15, 0.2) is 0 Å². The van der Waals surface area contributed by atoms with Gasteiger partial charge in [0, 0.05) is 31.0 Å². The number of hydrogen-bond acceptors (Lipinski definition) is 7. The second-order valence-electron chi connectivity index (χ2n) is 6.93.